The van der Waals surface area contributed by atoms with E-state index in [0.29, 0.717) is 51.5 Å². The van der Waals surface area contributed by atoms with E-state index < -0.39 is 47.4 Å². The van der Waals surface area contributed by atoms with Crippen LogP contribution in [-0.4, -0.2) is 82.3 Å². The Balaban J connectivity index is 1.56. The fraction of sp³-hybridized carbons (Fsp3) is 0.500. The number of hydrogen-bond acceptors (Lipinski definition) is 13. The number of rotatable bonds is 1. The van der Waals surface area contributed by atoms with Gasteiger partial charge in [-0.1, -0.05) is 6.07 Å². The largest absolute Gasteiger partial charge is 0.504 e. The molecule has 7 atom stereocenters. The van der Waals surface area contributed by atoms with Crippen molar-refractivity contribution in [2.24, 2.45) is 5.73 Å². The predicted molar refractivity (Wildman–Crippen MR) is 153 cm³/mol. The number of piperazine rings is 1. The number of carbonyl (C=O) groups is 2. The first-order valence-corrected chi connectivity index (χ1v) is 15.2. The molecule has 0 radical (unpaired) electrons. The van der Waals surface area contributed by atoms with Gasteiger partial charge in [-0.3, -0.25) is 19.4 Å². The molecule has 5 heterocycles. The lowest BCUT2D eigenvalue weighted by atomic mass is 9.71. The van der Waals surface area contributed by atoms with Gasteiger partial charge in [0, 0.05) is 47.0 Å². The fourth-order valence-corrected chi connectivity index (χ4v) is 9.17. The van der Waals surface area contributed by atoms with Gasteiger partial charge in [0.15, 0.2) is 23.0 Å². The first kappa shape index (κ1) is 28.1. The number of aryl methyl sites for hydroxylation is 1. The highest BCUT2D eigenvalue weighted by Gasteiger charge is 2.60. The molecule has 0 aliphatic carbocycles. The molecule has 1 fully saturated rings. The number of nitrogens with zero attached hydrogens (tertiary/aromatic N) is 3. The first-order chi connectivity index (χ1) is 20.5. The molecule has 2 aromatic rings. The number of ether oxygens (including phenoxy) is 4. The normalized spacial score (nSPS) is 30.9. The second-order valence-electron chi connectivity index (χ2n) is 11.8. The van der Waals surface area contributed by atoms with Crippen LogP contribution in [-0.2, 0) is 20.7 Å². The number of aromatic hydroxyl groups is 2. The number of esters is 2. The molecule has 1 saturated heterocycles. The molecule has 0 aromatic heterocycles. The number of nitriles is 1. The topological polar surface area (TPSA) is 168 Å². The monoisotopic (exact) mass is 608 g/mol. The van der Waals surface area contributed by atoms with Gasteiger partial charge >= 0.3 is 11.9 Å². The minimum atomic E-state index is -0.909. The van der Waals surface area contributed by atoms with Crippen molar-refractivity contribution < 1.29 is 38.7 Å². The molecule has 12 nitrogen and oxygen atoms in total. The van der Waals surface area contributed by atoms with Gasteiger partial charge in [-0.15, -0.1) is 11.8 Å². The van der Waals surface area contributed by atoms with Crippen molar-refractivity contribution in [1.82, 2.24) is 9.80 Å². The molecule has 4 bridgehead atoms. The standard InChI is InChI=1S/C30H32N4O8S/c1-11-5-14-6-16-17(7-31)34-18-8-39-30(38)15(32)9-43-29(23(34)22(33(16)4)19(14)25(37)24(11)36)21-20(18)28-27(40-10-41-28)12(2)26(21)42-13(3)35/h5,15-18,22-23,29,36-37H,6,8-10,32H2,1-4H3/t15?,16-,17+,18+,22+,23?,29-/m1/s1. The zero-order valence-corrected chi connectivity index (χ0v) is 24.9. The Morgan fingerprint density at radius 2 is 1.91 bits per heavy atom. The van der Waals surface area contributed by atoms with Crippen molar-refractivity contribution in [2.75, 3.05) is 26.2 Å². The zero-order chi connectivity index (χ0) is 30.5. The average Bonchev–Trinajstić information content (AvgIpc) is 3.46. The molecule has 2 aromatic carbocycles. The number of likely N-dealkylation sites (N-methyl/N-ethyl adjacent to an activating group) is 1. The lowest BCUT2D eigenvalue weighted by Gasteiger charge is -2.61. The summed E-state index contributed by atoms with van der Waals surface area (Å²) in [6.45, 7) is 4.70. The molecule has 7 rings (SSSR count). The number of phenolic OH excluding ortho intramolecular Hbond substituents is 2. The van der Waals surface area contributed by atoms with Crippen LogP contribution < -0.4 is 19.9 Å². The molecule has 5 aliphatic rings. The van der Waals surface area contributed by atoms with Gasteiger partial charge in [-0.2, -0.15) is 5.26 Å². The number of fused-ring (bicyclic) bond motifs is 9. The van der Waals surface area contributed by atoms with Gasteiger partial charge in [0.25, 0.3) is 0 Å². The maximum Gasteiger partial charge on any atom is 0.323 e. The minimum absolute atomic E-state index is 0.0414. The molecule has 4 N–H and O–H groups in total. The van der Waals surface area contributed by atoms with Crippen LogP contribution in [0.15, 0.2) is 6.07 Å². The van der Waals surface area contributed by atoms with Crippen molar-refractivity contribution in [3.8, 4) is 34.8 Å². The third-order valence-electron chi connectivity index (χ3n) is 9.51. The Kier molecular flexibility index (Phi) is 6.48. The molecular formula is C30H32N4O8S. The van der Waals surface area contributed by atoms with Gasteiger partial charge in [0.05, 0.1) is 23.4 Å². The van der Waals surface area contributed by atoms with E-state index in [9.17, 15) is 25.1 Å². The van der Waals surface area contributed by atoms with Crippen LogP contribution in [0.4, 0.5) is 0 Å². The second-order valence-corrected chi connectivity index (χ2v) is 13.0. The van der Waals surface area contributed by atoms with Crippen LogP contribution in [0.25, 0.3) is 0 Å². The summed E-state index contributed by atoms with van der Waals surface area (Å²) >= 11 is 1.41. The zero-order valence-electron chi connectivity index (χ0n) is 24.1. The van der Waals surface area contributed by atoms with Crippen molar-refractivity contribution in [3.63, 3.8) is 0 Å². The third-order valence-corrected chi connectivity index (χ3v) is 10.9. The van der Waals surface area contributed by atoms with Gasteiger partial charge in [-0.05, 0) is 38.4 Å². The van der Waals surface area contributed by atoms with Crippen LogP contribution in [0.5, 0.6) is 28.7 Å². The fourth-order valence-electron chi connectivity index (χ4n) is 7.73. The number of hydrogen-bond donors (Lipinski definition) is 3. The lowest BCUT2D eigenvalue weighted by molar-refractivity contribution is -0.150. The van der Waals surface area contributed by atoms with Gasteiger partial charge in [0.2, 0.25) is 6.79 Å². The highest BCUT2D eigenvalue weighted by molar-refractivity contribution is 7.99. The summed E-state index contributed by atoms with van der Waals surface area (Å²) in [6, 6.07) is 0.909. The van der Waals surface area contributed by atoms with Gasteiger partial charge in [-0.25, -0.2) is 0 Å². The summed E-state index contributed by atoms with van der Waals surface area (Å²) in [5, 5.41) is 32.5. The number of cyclic esters (lactones) is 1. The smallest absolute Gasteiger partial charge is 0.323 e. The number of phenols is 2. The van der Waals surface area contributed by atoms with Crippen LogP contribution in [0, 0.1) is 25.2 Å². The van der Waals surface area contributed by atoms with Crippen molar-refractivity contribution in [3.05, 3.63) is 39.4 Å². The highest BCUT2D eigenvalue weighted by Crippen LogP contribution is 2.63. The van der Waals surface area contributed by atoms with E-state index >= 15 is 0 Å². The Morgan fingerprint density at radius 1 is 1.16 bits per heavy atom. The molecule has 43 heavy (non-hydrogen) atoms. The summed E-state index contributed by atoms with van der Waals surface area (Å²) in [5.41, 5.74) is 10.2. The number of thioether (sulfide) groups is 1. The minimum Gasteiger partial charge on any atom is -0.504 e. The summed E-state index contributed by atoms with van der Waals surface area (Å²) in [4.78, 5) is 29.6. The molecule has 0 spiro atoms. The summed E-state index contributed by atoms with van der Waals surface area (Å²) in [5.74, 6) is -0.0225. The Morgan fingerprint density at radius 3 is 2.63 bits per heavy atom. The maximum atomic E-state index is 12.9. The predicted octanol–water partition coefficient (Wildman–Crippen LogP) is 2.26. The molecule has 2 unspecified atom stereocenters. The average molecular weight is 609 g/mol. The van der Waals surface area contributed by atoms with E-state index in [1.807, 2.05) is 13.1 Å². The van der Waals surface area contributed by atoms with Crippen LogP contribution >= 0.6 is 11.8 Å². The lowest BCUT2D eigenvalue weighted by Crippen LogP contribution is -2.69. The summed E-state index contributed by atoms with van der Waals surface area (Å²) in [7, 11) is 1.93. The van der Waals surface area contributed by atoms with E-state index in [0.717, 1.165) is 5.56 Å². The van der Waals surface area contributed by atoms with Crippen LogP contribution in [0.3, 0.4) is 0 Å². The Bertz CT molecular complexity index is 1620. The molecular weight excluding hydrogens is 576 g/mol. The first-order valence-electron chi connectivity index (χ1n) is 14.2. The SMILES string of the molecule is CC(=O)Oc1c(C)c2c(c3c1[C@H]1SCC(N)C(=O)OC[C@@H]3N3C1[C@@H]1c4c(cc(C)c(O)c4O)C[C@H]([C@@H]3C#N)N1C)OCO2. The van der Waals surface area contributed by atoms with Crippen LogP contribution in [0.2, 0.25) is 0 Å². The molecule has 0 amide bonds. The van der Waals surface area contributed by atoms with Gasteiger partial charge in [0.1, 0.15) is 24.4 Å². The van der Waals surface area contributed by atoms with Crippen molar-refractivity contribution >= 4 is 23.7 Å². The molecule has 226 valence electrons. The van der Waals surface area contributed by atoms with E-state index in [-0.39, 0.29) is 36.7 Å². The third kappa shape index (κ3) is 3.86. The van der Waals surface area contributed by atoms with E-state index in [2.05, 4.69) is 15.9 Å². The van der Waals surface area contributed by atoms with E-state index in [1.54, 1.807) is 13.8 Å². The van der Waals surface area contributed by atoms with E-state index in [4.69, 9.17) is 24.7 Å². The van der Waals surface area contributed by atoms with Crippen molar-refractivity contribution in [2.45, 2.75) is 68.7 Å². The molecule has 0 saturated carbocycles. The highest BCUT2D eigenvalue weighted by atomic mass is 32.2. The van der Waals surface area contributed by atoms with E-state index in [1.165, 1.54) is 18.7 Å². The maximum absolute atomic E-state index is 12.9. The summed E-state index contributed by atoms with van der Waals surface area (Å²) < 4.78 is 23.6. The number of carbonyl (C=O) groups excluding carboxylic acids is 2. The van der Waals surface area contributed by atoms with Crippen LogP contribution in [0.1, 0.15) is 57.6 Å². The van der Waals surface area contributed by atoms with Crippen molar-refractivity contribution in [1.29, 1.82) is 5.26 Å². The van der Waals surface area contributed by atoms with Gasteiger partial charge < -0.3 is 34.9 Å². The Labute approximate surface area is 252 Å². The quantitative estimate of drug-likeness (QED) is 0.245. The molecule has 13 heteroatoms. The molecule has 5 aliphatic heterocycles. The number of benzene rings is 2. The second kappa shape index (κ2) is 9.92. The Hall–Kier alpha value is -3.70. The summed E-state index contributed by atoms with van der Waals surface area (Å²) in [6.07, 6.45) is 0.463. The number of nitrogens with two attached hydrogens (primary N) is 1.